The lowest BCUT2D eigenvalue weighted by molar-refractivity contribution is 0.414. The second-order valence-electron chi connectivity index (χ2n) is 3.27. The van der Waals surface area contributed by atoms with Gasteiger partial charge in [-0.05, 0) is 37.4 Å². The maximum absolute atomic E-state index is 5.13. The Morgan fingerprint density at radius 3 is 2.44 bits per heavy atom. The minimum Gasteiger partial charge on any atom is -0.497 e. The molecule has 5 heteroatoms. The third kappa shape index (κ3) is 1.90. The fourth-order valence-corrected chi connectivity index (χ4v) is 2.05. The van der Waals surface area contributed by atoms with Crippen LogP contribution in [0.15, 0.2) is 29.4 Å². The van der Waals surface area contributed by atoms with Gasteiger partial charge >= 0.3 is 0 Å². The fraction of sp³-hybridized carbons (Fsp3) is 0.273. The van der Waals surface area contributed by atoms with E-state index in [0.717, 1.165) is 22.4 Å². The largest absolute Gasteiger partial charge is 0.497 e. The molecule has 1 aromatic carbocycles. The van der Waals surface area contributed by atoms with Crippen molar-refractivity contribution in [2.75, 3.05) is 13.4 Å². The average molecular weight is 235 g/mol. The number of hydrogen-bond acceptors (Lipinski definition) is 4. The summed E-state index contributed by atoms with van der Waals surface area (Å²) in [4.78, 5) is 0. The van der Waals surface area contributed by atoms with E-state index in [-0.39, 0.29) is 0 Å². The summed E-state index contributed by atoms with van der Waals surface area (Å²) < 4.78 is 7.15. The first-order chi connectivity index (χ1) is 7.76. The molecule has 0 atom stereocenters. The maximum Gasteiger partial charge on any atom is 0.195 e. The lowest BCUT2D eigenvalue weighted by atomic mass is 10.3. The van der Waals surface area contributed by atoms with Crippen LogP contribution in [-0.2, 0) is 0 Å². The number of aromatic nitrogens is 3. The number of hydrogen-bond donors (Lipinski definition) is 0. The Labute approximate surface area is 98.6 Å². The molecule has 0 N–H and O–H groups in total. The molecule has 0 aliphatic carbocycles. The van der Waals surface area contributed by atoms with Gasteiger partial charge in [0.1, 0.15) is 11.6 Å². The Bertz CT molecular complexity index is 478. The first-order valence-corrected chi connectivity index (χ1v) is 6.09. The van der Waals surface area contributed by atoms with E-state index >= 15 is 0 Å². The van der Waals surface area contributed by atoms with E-state index in [0.29, 0.717) is 0 Å². The monoisotopic (exact) mass is 235 g/mol. The van der Waals surface area contributed by atoms with Gasteiger partial charge in [0.2, 0.25) is 0 Å². The Morgan fingerprint density at radius 2 is 1.88 bits per heavy atom. The molecule has 0 fully saturated rings. The van der Waals surface area contributed by atoms with Crippen LogP contribution in [0, 0.1) is 6.92 Å². The van der Waals surface area contributed by atoms with E-state index in [1.54, 1.807) is 18.9 Å². The van der Waals surface area contributed by atoms with E-state index in [4.69, 9.17) is 4.74 Å². The minimum atomic E-state index is 0.847. The van der Waals surface area contributed by atoms with Crippen LogP contribution in [0.5, 0.6) is 5.75 Å². The first kappa shape index (κ1) is 11.0. The van der Waals surface area contributed by atoms with Crippen LogP contribution < -0.4 is 4.74 Å². The van der Waals surface area contributed by atoms with Crippen molar-refractivity contribution in [1.29, 1.82) is 0 Å². The summed E-state index contributed by atoms with van der Waals surface area (Å²) in [7, 11) is 1.66. The zero-order chi connectivity index (χ0) is 11.5. The molecule has 0 unspecified atom stereocenters. The zero-order valence-electron chi connectivity index (χ0n) is 9.47. The van der Waals surface area contributed by atoms with E-state index in [2.05, 4.69) is 10.2 Å². The predicted octanol–water partition coefficient (Wildman–Crippen LogP) is 2.31. The standard InChI is InChI=1S/C11H13N3OS/c1-8-12-13-11(16-3)14(8)9-4-6-10(15-2)7-5-9/h4-7H,1-3H3. The van der Waals surface area contributed by atoms with Crippen molar-refractivity contribution in [2.45, 2.75) is 12.1 Å². The van der Waals surface area contributed by atoms with Gasteiger partial charge in [-0.1, -0.05) is 11.8 Å². The third-order valence-electron chi connectivity index (χ3n) is 2.31. The lowest BCUT2D eigenvalue weighted by Gasteiger charge is -2.07. The summed E-state index contributed by atoms with van der Waals surface area (Å²) in [6.07, 6.45) is 1.99. The molecule has 2 rings (SSSR count). The maximum atomic E-state index is 5.13. The van der Waals surface area contributed by atoms with Crippen molar-refractivity contribution >= 4 is 11.8 Å². The highest BCUT2D eigenvalue weighted by atomic mass is 32.2. The van der Waals surface area contributed by atoms with Crippen molar-refractivity contribution in [3.8, 4) is 11.4 Å². The lowest BCUT2D eigenvalue weighted by Crippen LogP contribution is -1.98. The third-order valence-corrected chi connectivity index (χ3v) is 2.94. The van der Waals surface area contributed by atoms with Gasteiger partial charge in [0.05, 0.1) is 7.11 Å². The van der Waals surface area contributed by atoms with Crippen LogP contribution in [-0.4, -0.2) is 28.1 Å². The Morgan fingerprint density at radius 1 is 1.19 bits per heavy atom. The van der Waals surface area contributed by atoms with Crippen molar-refractivity contribution < 1.29 is 4.74 Å². The van der Waals surface area contributed by atoms with Gasteiger partial charge in [-0.2, -0.15) is 0 Å². The SMILES string of the molecule is COc1ccc(-n2c(C)nnc2SC)cc1. The smallest absolute Gasteiger partial charge is 0.195 e. The molecule has 0 radical (unpaired) electrons. The molecule has 0 saturated heterocycles. The number of ether oxygens (including phenoxy) is 1. The summed E-state index contributed by atoms with van der Waals surface area (Å²) in [5.41, 5.74) is 1.05. The topological polar surface area (TPSA) is 39.9 Å². The number of methoxy groups -OCH3 is 1. The molecule has 84 valence electrons. The highest BCUT2D eigenvalue weighted by Gasteiger charge is 2.09. The molecule has 16 heavy (non-hydrogen) atoms. The number of rotatable bonds is 3. The molecule has 2 aromatic rings. The van der Waals surface area contributed by atoms with E-state index < -0.39 is 0 Å². The van der Waals surface area contributed by atoms with Gasteiger partial charge in [-0.25, -0.2) is 0 Å². The van der Waals surface area contributed by atoms with E-state index in [9.17, 15) is 0 Å². The van der Waals surface area contributed by atoms with Gasteiger partial charge in [-0.15, -0.1) is 10.2 Å². The Hall–Kier alpha value is -1.49. The van der Waals surface area contributed by atoms with E-state index in [1.807, 2.05) is 42.0 Å². The Kier molecular flexibility index (Phi) is 3.14. The van der Waals surface area contributed by atoms with Gasteiger partial charge < -0.3 is 4.74 Å². The number of nitrogens with zero attached hydrogens (tertiary/aromatic N) is 3. The average Bonchev–Trinajstić information content (AvgIpc) is 2.70. The Balaban J connectivity index is 2.45. The van der Waals surface area contributed by atoms with Gasteiger partial charge in [-0.3, -0.25) is 4.57 Å². The molecule has 0 spiro atoms. The van der Waals surface area contributed by atoms with E-state index in [1.165, 1.54) is 0 Å². The van der Waals surface area contributed by atoms with Crippen molar-refractivity contribution in [1.82, 2.24) is 14.8 Å². The van der Waals surface area contributed by atoms with Crippen molar-refractivity contribution in [3.63, 3.8) is 0 Å². The first-order valence-electron chi connectivity index (χ1n) is 4.86. The zero-order valence-corrected chi connectivity index (χ0v) is 10.3. The summed E-state index contributed by atoms with van der Waals surface area (Å²) in [5.74, 6) is 1.73. The summed E-state index contributed by atoms with van der Waals surface area (Å²) in [5, 5.41) is 9.06. The normalized spacial score (nSPS) is 10.4. The second-order valence-corrected chi connectivity index (χ2v) is 4.04. The van der Waals surface area contributed by atoms with Gasteiger partial charge in [0, 0.05) is 5.69 Å². The fourth-order valence-electron chi connectivity index (χ4n) is 1.50. The van der Waals surface area contributed by atoms with Crippen molar-refractivity contribution in [2.24, 2.45) is 0 Å². The molecule has 1 heterocycles. The number of aryl methyl sites for hydroxylation is 1. The van der Waals surface area contributed by atoms with Gasteiger partial charge in [0.25, 0.3) is 0 Å². The molecule has 4 nitrogen and oxygen atoms in total. The van der Waals surface area contributed by atoms with Crippen LogP contribution in [0.1, 0.15) is 5.82 Å². The quantitative estimate of drug-likeness (QED) is 0.765. The molecule has 0 amide bonds. The molecule has 1 aromatic heterocycles. The van der Waals surface area contributed by atoms with Crippen LogP contribution in [0.4, 0.5) is 0 Å². The van der Waals surface area contributed by atoms with Gasteiger partial charge in [0.15, 0.2) is 5.16 Å². The van der Waals surface area contributed by atoms with Crippen LogP contribution in [0.25, 0.3) is 5.69 Å². The number of thioether (sulfide) groups is 1. The van der Waals surface area contributed by atoms with Crippen LogP contribution in [0.3, 0.4) is 0 Å². The molecular weight excluding hydrogens is 222 g/mol. The predicted molar refractivity (Wildman–Crippen MR) is 64.4 cm³/mol. The molecule has 0 bridgehead atoms. The van der Waals surface area contributed by atoms with Crippen LogP contribution in [0.2, 0.25) is 0 Å². The molecular formula is C11H13N3OS. The summed E-state index contributed by atoms with van der Waals surface area (Å²) >= 11 is 1.58. The highest BCUT2D eigenvalue weighted by Crippen LogP contribution is 2.21. The molecule has 0 aliphatic heterocycles. The number of benzene rings is 1. The molecule has 0 aliphatic rings. The minimum absolute atomic E-state index is 0.847. The van der Waals surface area contributed by atoms with Crippen LogP contribution >= 0.6 is 11.8 Å². The summed E-state index contributed by atoms with van der Waals surface area (Å²) in [6.45, 7) is 1.94. The van der Waals surface area contributed by atoms with Crippen molar-refractivity contribution in [3.05, 3.63) is 30.1 Å². The highest BCUT2D eigenvalue weighted by molar-refractivity contribution is 7.98. The second kappa shape index (κ2) is 4.57. The molecule has 0 saturated carbocycles. The summed E-state index contributed by atoms with van der Waals surface area (Å²) in [6, 6.07) is 7.85.